The Morgan fingerprint density at radius 3 is 2.88 bits per heavy atom. The van der Waals surface area contributed by atoms with Crippen molar-refractivity contribution in [2.45, 2.75) is 17.7 Å². The van der Waals surface area contributed by atoms with Gasteiger partial charge in [-0.15, -0.1) is 0 Å². The number of rotatable bonds is 7. The highest BCUT2D eigenvalue weighted by molar-refractivity contribution is 7.89. The fourth-order valence-corrected chi connectivity index (χ4v) is 4.26. The van der Waals surface area contributed by atoms with E-state index in [1.807, 2.05) is 0 Å². The molecule has 7 nitrogen and oxygen atoms in total. The molecular weight excluding hydrogens is 344 g/mol. The van der Waals surface area contributed by atoms with Gasteiger partial charge < -0.3 is 19.1 Å². The zero-order valence-electron chi connectivity index (χ0n) is 14.6. The Morgan fingerprint density at radius 2 is 2.08 bits per heavy atom. The number of hydrogen-bond donors (Lipinski definition) is 1. The van der Waals surface area contributed by atoms with Crippen molar-refractivity contribution in [3.05, 3.63) is 18.2 Å². The van der Waals surface area contributed by atoms with Crippen LogP contribution in [-0.4, -0.2) is 66.4 Å². The summed E-state index contributed by atoms with van der Waals surface area (Å²) in [5.41, 5.74) is 0. The summed E-state index contributed by atoms with van der Waals surface area (Å²) in [5, 5.41) is 0. The Morgan fingerprint density at radius 1 is 1.28 bits per heavy atom. The topological polar surface area (TPSA) is 77.1 Å². The predicted molar refractivity (Wildman–Crippen MR) is 93.7 cm³/mol. The molecule has 0 unspecified atom stereocenters. The minimum atomic E-state index is -3.56. The summed E-state index contributed by atoms with van der Waals surface area (Å²) >= 11 is 0. The number of sulfonamides is 1. The number of methoxy groups -OCH3 is 1. The molecule has 0 aromatic heterocycles. The van der Waals surface area contributed by atoms with E-state index in [4.69, 9.17) is 14.2 Å². The maximum absolute atomic E-state index is 12.6. The van der Waals surface area contributed by atoms with Gasteiger partial charge in [0.1, 0.15) is 0 Å². The van der Waals surface area contributed by atoms with Gasteiger partial charge in [0.05, 0.1) is 24.7 Å². The van der Waals surface area contributed by atoms with Crippen molar-refractivity contribution in [3.63, 3.8) is 0 Å². The predicted octanol–water partition coefficient (Wildman–Crippen LogP) is 1.09. The van der Waals surface area contributed by atoms with Crippen LogP contribution in [0.1, 0.15) is 12.8 Å². The molecule has 2 aliphatic heterocycles. The molecule has 140 valence electrons. The molecular formula is C17H26N2O5S. The van der Waals surface area contributed by atoms with Crippen LogP contribution >= 0.6 is 0 Å². The van der Waals surface area contributed by atoms with Gasteiger partial charge in [-0.3, -0.25) is 0 Å². The number of nitrogens with one attached hydrogen (secondary N) is 1. The number of fused-ring (bicyclic) bond motifs is 1. The first-order valence-corrected chi connectivity index (χ1v) is 10.2. The third kappa shape index (κ3) is 4.84. The van der Waals surface area contributed by atoms with Crippen LogP contribution in [0.15, 0.2) is 23.1 Å². The summed E-state index contributed by atoms with van der Waals surface area (Å²) < 4.78 is 44.1. The van der Waals surface area contributed by atoms with Crippen LogP contribution in [0.25, 0.3) is 0 Å². The van der Waals surface area contributed by atoms with Crippen LogP contribution in [0.3, 0.4) is 0 Å². The van der Waals surface area contributed by atoms with Crippen molar-refractivity contribution in [1.29, 1.82) is 0 Å². The van der Waals surface area contributed by atoms with Crippen molar-refractivity contribution in [1.82, 2.24) is 9.62 Å². The fourth-order valence-electron chi connectivity index (χ4n) is 3.12. The van der Waals surface area contributed by atoms with Crippen LogP contribution in [0.5, 0.6) is 11.5 Å². The second kappa shape index (κ2) is 8.35. The molecule has 0 saturated carbocycles. The van der Waals surface area contributed by atoms with Gasteiger partial charge in [-0.2, -0.15) is 0 Å². The smallest absolute Gasteiger partial charge is 0.240 e. The molecule has 1 aromatic rings. The van der Waals surface area contributed by atoms with Crippen LogP contribution in [0.2, 0.25) is 0 Å². The van der Waals surface area contributed by atoms with E-state index in [1.54, 1.807) is 25.3 Å². The highest BCUT2D eigenvalue weighted by Crippen LogP contribution is 2.31. The van der Waals surface area contributed by atoms with Crippen LogP contribution < -0.4 is 14.2 Å². The van der Waals surface area contributed by atoms with Gasteiger partial charge in [0.25, 0.3) is 0 Å². The molecule has 1 fully saturated rings. The molecule has 1 atom stereocenters. The van der Waals surface area contributed by atoms with Gasteiger partial charge in [-0.25, -0.2) is 13.1 Å². The molecule has 2 heterocycles. The molecule has 0 spiro atoms. The molecule has 0 amide bonds. The van der Waals surface area contributed by atoms with Crippen LogP contribution in [0.4, 0.5) is 0 Å². The van der Waals surface area contributed by atoms with Crippen LogP contribution in [-0.2, 0) is 14.8 Å². The van der Waals surface area contributed by atoms with E-state index in [0.29, 0.717) is 43.8 Å². The summed E-state index contributed by atoms with van der Waals surface area (Å²) in [6.45, 7) is 5.03. The lowest BCUT2D eigenvalue weighted by molar-refractivity contribution is 0.159. The highest BCUT2D eigenvalue weighted by Gasteiger charge is 2.25. The SMILES string of the molecule is COCCN1CC[C@@H](CNS(=O)(=O)c2ccc3c(c2)OCCCO3)C1. The summed E-state index contributed by atoms with van der Waals surface area (Å²) in [6.07, 6.45) is 1.78. The van der Waals surface area contributed by atoms with Gasteiger partial charge in [0.15, 0.2) is 11.5 Å². The summed E-state index contributed by atoms with van der Waals surface area (Å²) in [4.78, 5) is 2.52. The Labute approximate surface area is 149 Å². The Kier molecular flexibility index (Phi) is 6.16. The first kappa shape index (κ1) is 18.4. The average Bonchev–Trinajstić information content (AvgIpc) is 2.93. The molecule has 1 saturated heterocycles. The maximum atomic E-state index is 12.6. The molecule has 8 heteroatoms. The summed E-state index contributed by atoms with van der Waals surface area (Å²) in [7, 11) is -1.86. The molecule has 25 heavy (non-hydrogen) atoms. The monoisotopic (exact) mass is 370 g/mol. The average molecular weight is 370 g/mol. The summed E-state index contributed by atoms with van der Waals surface area (Å²) in [6, 6.07) is 4.77. The van der Waals surface area contributed by atoms with Gasteiger partial charge in [-0.05, 0) is 31.0 Å². The number of nitrogens with zero attached hydrogens (tertiary/aromatic N) is 1. The lowest BCUT2D eigenvalue weighted by atomic mass is 10.1. The first-order chi connectivity index (χ1) is 12.1. The highest BCUT2D eigenvalue weighted by atomic mass is 32.2. The first-order valence-electron chi connectivity index (χ1n) is 8.69. The van der Waals surface area contributed by atoms with Gasteiger partial charge in [-0.1, -0.05) is 0 Å². The van der Waals surface area contributed by atoms with Crippen molar-refractivity contribution < 1.29 is 22.6 Å². The van der Waals surface area contributed by atoms with E-state index in [0.717, 1.165) is 32.5 Å². The molecule has 0 aliphatic carbocycles. The Bertz CT molecular complexity index is 680. The lowest BCUT2D eigenvalue weighted by Crippen LogP contribution is -2.31. The van der Waals surface area contributed by atoms with E-state index in [-0.39, 0.29) is 4.90 Å². The summed E-state index contributed by atoms with van der Waals surface area (Å²) in [5.74, 6) is 1.42. The second-order valence-corrected chi connectivity index (χ2v) is 8.23. The van der Waals surface area contributed by atoms with E-state index in [1.165, 1.54) is 0 Å². The molecule has 0 radical (unpaired) electrons. The number of benzene rings is 1. The van der Waals surface area contributed by atoms with Crippen LogP contribution in [0, 0.1) is 5.92 Å². The van der Waals surface area contributed by atoms with E-state index >= 15 is 0 Å². The minimum Gasteiger partial charge on any atom is -0.490 e. The van der Waals surface area contributed by atoms with Gasteiger partial charge in [0.2, 0.25) is 10.0 Å². The third-order valence-electron chi connectivity index (χ3n) is 4.57. The Balaban J connectivity index is 1.58. The van der Waals surface area contributed by atoms with Crippen molar-refractivity contribution in [2.24, 2.45) is 5.92 Å². The van der Waals surface area contributed by atoms with Crippen molar-refractivity contribution in [2.75, 3.05) is 53.1 Å². The van der Waals surface area contributed by atoms with Crippen molar-refractivity contribution >= 4 is 10.0 Å². The molecule has 0 bridgehead atoms. The van der Waals surface area contributed by atoms with E-state index in [2.05, 4.69) is 9.62 Å². The van der Waals surface area contributed by atoms with Gasteiger partial charge in [0, 0.05) is 39.2 Å². The second-order valence-electron chi connectivity index (χ2n) is 6.46. The number of likely N-dealkylation sites (tertiary alicyclic amines) is 1. The standard InChI is InChI=1S/C17H26N2O5S/c1-22-10-7-19-6-5-14(13-19)12-18-25(20,21)15-3-4-16-17(11-15)24-9-2-8-23-16/h3-4,11,14,18H,2,5-10,12-13H2,1H3/t14-/m0/s1. The maximum Gasteiger partial charge on any atom is 0.240 e. The molecule has 1 aromatic carbocycles. The number of hydrogen-bond acceptors (Lipinski definition) is 6. The van der Waals surface area contributed by atoms with Crippen molar-refractivity contribution in [3.8, 4) is 11.5 Å². The Hall–Kier alpha value is -1.35. The minimum absolute atomic E-state index is 0.214. The normalized spacial score (nSPS) is 21.2. The van der Waals surface area contributed by atoms with Gasteiger partial charge >= 0.3 is 0 Å². The quantitative estimate of drug-likeness (QED) is 0.774. The third-order valence-corrected chi connectivity index (χ3v) is 5.99. The number of ether oxygens (including phenoxy) is 3. The molecule has 3 rings (SSSR count). The zero-order chi connectivity index (χ0) is 17.7. The lowest BCUT2D eigenvalue weighted by Gasteiger charge is -2.16. The van der Waals surface area contributed by atoms with E-state index < -0.39 is 10.0 Å². The molecule has 1 N–H and O–H groups in total. The largest absolute Gasteiger partial charge is 0.490 e. The zero-order valence-corrected chi connectivity index (χ0v) is 15.4. The fraction of sp³-hybridized carbons (Fsp3) is 0.647. The van der Waals surface area contributed by atoms with E-state index in [9.17, 15) is 8.42 Å². The molecule has 2 aliphatic rings.